The molecule has 2 aromatic rings. The normalized spacial score (nSPS) is 12.3. The van der Waals surface area contributed by atoms with Crippen LogP contribution in [0.2, 0.25) is 0 Å². The number of nitrogens with two attached hydrogens (primary N) is 1. The van der Waals surface area contributed by atoms with Gasteiger partial charge in [0.15, 0.2) is 0 Å². The van der Waals surface area contributed by atoms with E-state index in [4.69, 9.17) is 10.5 Å². The highest BCUT2D eigenvalue weighted by molar-refractivity contribution is 7.10. The third-order valence-electron chi connectivity index (χ3n) is 2.94. The second-order valence-corrected chi connectivity index (χ2v) is 6.38. The summed E-state index contributed by atoms with van der Waals surface area (Å²) < 4.78 is 5.17. The molecule has 0 radical (unpaired) electrons. The third-order valence-corrected chi connectivity index (χ3v) is 4.66. The molecular formula is C14H18N2O2S2. The summed E-state index contributed by atoms with van der Waals surface area (Å²) >= 11 is 3.29. The Labute approximate surface area is 126 Å². The first-order valence-electron chi connectivity index (χ1n) is 6.31. The summed E-state index contributed by atoms with van der Waals surface area (Å²) in [6.45, 7) is 1.38. The van der Waals surface area contributed by atoms with Crippen LogP contribution < -0.4 is 5.73 Å². The Hall–Kier alpha value is -1.21. The summed E-state index contributed by atoms with van der Waals surface area (Å²) in [7, 11) is 1.52. The summed E-state index contributed by atoms with van der Waals surface area (Å²) in [5.41, 5.74) is 5.60. The topological polar surface area (TPSA) is 55.6 Å². The lowest BCUT2D eigenvalue weighted by atomic mass is 10.2. The van der Waals surface area contributed by atoms with Gasteiger partial charge in [-0.25, -0.2) is 0 Å². The number of carbonyl (C=O) groups excluding carboxylic acids is 1. The number of hydrogen-bond acceptors (Lipinski definition) is 5. The summed E-state index contributed by atoms with van der Waals surface area (Å²) in [5, 5.41) is 4.03. The molecule has 2 N–H and O–H groups in total. The van der Waals surface area contributed by atoms with E-state index < -0.39 is 6.10 Å². The van der Waals surface area contributed by atoms with Crippen LogP contribution in [0.1, 0.15) is 9.75 Å². The van der Waals surface area contributed by atoms with Gasteiger partial charge >= 0.3 is 0 Å². The fraction of sp³-hybridized carbons (Fsp3) is 0.357. The predicted molar refractivity (Wildman–Crippen MR) is 82.7 cm³/mol. The van der Waals surface area contributed by atoms with Crippen LogP contribution in [0.15, 0.2) is 35.0 Å². The van der Waals surface area contributed by atoms with Gasteiger partial charge in [-0.2, -0.15) is 0 Å². The monoisotopic (exact) mass is 310 g/mol. The Kier molecular flexibility index (Phi) is 5.72. The van der Waals surface area contributed by atoms with Gasteiger partial charge in [-0.1, -0.05) is 12.1 Å². The second kappa shape index (κ2) is 7.54. The molecule has 1 amide bonds. The molecular weight excluding hydrogens is 292 g/mol. The minimum atomic E-state index is -0.574. The fourth-order valence-electron chi connectivity index (χ4n) is 1.89. The lowest BCUT2D eigenvalue weighted by molar-refractivity contribution is -0.142. The second-order valence-electron chi connectivity index (χ2n) is 4.31. The third kappa shape index (κ3) is 3.89. The smallest absolute Gasteiger partial charge is 0.253 e. The molecule has 0 saturated heterocycles. The molecule has 0 aliphatic rings. The number of ether oxygens (including phenoxy) is 1. The van der Waals surface area contributed by atoms with Crippen LogP contribution in [0.5, 0.6) is 0 Å². The van der Waals surface area contributed by atoms with Crippen LogP contribution >= 0.6 is 22.7 Å². The number of nitrogens with zero attached hydrogens (tertiary/aromatic N) is 1. The van der Waals surface area contributed by atoms with E-state index in [1.807, 2.05) is 35.0 Å². The van der Waals surface area contributed by atoms with E-state index in [0.717, 1.165) is 9.75 Å². The summed E-state index contributed by atoms with van der Waals surface area (Å²) in [4.78, 5) is 16.6. The average Bonchev–Trinajstić information content (AvgIpc) is 3.12. The van der Waals surface area contributed by atoms with Gasteiger partial charge in [-0.15, -0.1) is 22.7 Å². The zero-order valence-electron chi connectivity index (χ0n) is 11.3. The van der Waals surface area contributed by atoms with Gasteiger partial charge in [0.05, 0.1) is 13.1 Å². The van der Waals surface area contributed by atoms with Crippen molar-refractivity contribution in [1.29, 1.82) is 0 Å². The van der Waals surface area contributed by atoms with Gasteiger partial charge in [0.1, 0.15) is 6.10 Å². The van der Waals surface area contributed by atoms with Crippen molar-refractivity contribution in [2.75, 3.05) is 13.7 Å². The number of carbonyl (C=O) groups is 1. The van der Waals surface area contributed by atoms with Gasteiger partial charge in [-0.3, -0.25) is 4.79 Å². The van der Waals surface area contributed by atoms with E-state index in [1.165, 1.54) is 7.11 Å². The summed E-state index contributed by atoms with van der Waals surface area (Å²) in [5.74, 6) is -0.0585. The molecule has 0 fully saturated rings. The highest BCUT2D eigenvalue weighted by atomic mass is 32.1. The summed E-state index contributed by atoms with van der Waals surface area (Å²) in [6, 6.07) is 8.04. The largest absolute Gasteiger partial charge is 0.370 e. The SMILES string of the molecule is COC(CN)C(=O)N(Cc1cccs1)Cc1cccs1. The van der Waals surface area contributed by atoms with Gasteiger partial charge in [-0.05, 0) is 22.9 Å². The zero-order valence-corrected chi connectivity index (χ0v) is 13.0. The molecule has 0 aliphatic carbocycles. The highest BCUT2D eigenvalue weighted by Gasteiger charge is 2.23. The summed E-state index contributed by atoms with van der Waals surface area (Å²) in [6.07, 6.45) is -0.574. The number of methoxy groups -OCH3 is 1. The quantitative estimate of drug-likeness (QED) is 0.854. The lowest BCUT2D eigenvalue weighted by Crippen LogP contribution is -2.42. The molecule has 0 saturated carbocycles. The zero-order chi connectivity index (χ0) is 14.4. The average molecular weight is 310 g/mol. The molecule has 6 heteroatoms. The first-order valence-corrected chi connectivity index (χ1v) is 8.07. The highest BCUT2D eigenvalue weighted by Crippen LogP contribution is 2.18. The molecule has 4 nitrogen and oxygen atoms in total. The van der Waals surface area contributed by atoms with Crippen molar-refractivity contribution >= 4 is 28.6 Å². The van der Waals surface area contributed by atoms with Gasteiger partial charge in [0, 0.05) is 23.4 Å². The predicted octanol–water partition coefficient (Wildman–Crippen LogP) is 2.31. The molecule has 0 aromatic carbocycles. The number of amides is 1. The minimum absolute atomic E-state index is 0.0585. The molecule has 0 aliphatic heterocycles. The van der Waals surface area contributed by atoms with Crippen molar-refractivity contribution in [2.24, 2.45) is 5.73 Å². The van der Waals surface area contributed by atoms with Crippen molar-refractivity contribution < 1.29 is 9.53 Å². The van der Waals surface area contributed by atoms with Crippen LogP contribution in [0.4, 0.5) is 0 Å². The maximum atomic E-state index is 12.5. The maximum Gasteiger partial charge on any atom is 0.253 e. The number of rotatable bonds is 7. The van der Waals surface area contributed by atoms with Crippen LogP contribution in [0, 0.1) is 0 Å². The van der Waals surface area contributed by atoms with E-state index in [2.05, 4.69) is 0 Å². The maximum absolute atomic E-state index is 12.5. The first-order chi connectivity index (χ1) is 9.74. The Morgan fingerprint density at radius 3 is 2.15 bits per heavy atom. The van der Waals surface area contributed by atoms with E-state index in [1.54, 1.807) is 27.6 Å². The fourth-order valence-corrected chi connectivity index (χ4v) is 3.33. The molecule has 0 bridgehead atoms. The van der Waals surface area contributed by atoms with E-state index in [-0.39, 0.29) is 12.5 Å². The Morgan fingerprint density at radius 1 is 1.25 bits per heavy atom. The Morgan fingerprint density at radius 2 is 1.80 bits per heavy atom. The van der Waals surface area contributed by atoms with Gasteiger partial charge < -0.3 is 15.4 Å². The van der Waals surface area contributed by atoms with Crippen molar-refractivity contribution in [3.63, 3.8) is 0 Å². The first kappa shape index (κ1) is 15.2. The molecule has 0 spiro atoms. The van der Waals surface area contributed by atoms with Crippen molar-refractivity contribution in [3.05, 3.63) is 44.8 Å². The van der Waals surface area contributed by atoms with E-state index in [0.29, 0.717) is 13.1 Å². The van der Waals surface area contributed by atoms with Crippen molar-refractivity contribution in [3.8, 4) is 0 Å². The van der Waals surface area contributed by atoms with Crippen molar-refractivity contribution in [1.82, 2.24) is 4.90 Å². The Bertz CT molecular complexity index is 471. The van der Waals surface area contributed by atoms with Gasteiger partial charge in [0.2, 0.25) is 0 Å². The van der Waals surface area contributed by atoms with E-state index in [9.17, 15) is 4.79 Å². The van der Waals surface area contributed by atoms with Crippen LogP contribution in [-0.4, -0.2) is 30.6 Å². The number of thiophene rings is 2. The molecule has 1 atom stereocenters. The molecule has 1 unspecified atom stereocenters. The molecule has 2 rings (SSSR count). The lowest BCUT2D eigenvalue weighted by Gasteiger charge is -2.25. The van der Waals surface area contributed by atoms with Crippen LogP contribution in [0.25, 0.3) is 0 Å². The number of hydrogen-bond donors (Lipinski definition) is 1. The molecule has 108 valence electrons. The Balaban J connectivity index is 2.12. The molecule has 2 aromatic heterocycles. The standard InChI is InChI=1S/C14H18N2O2S2/c1-18-13(8-15)14(17)16(9-11-4-2-6-19-11)10-12-5-3-7-20-12/h2-7,13H,8-10,15H2,1H3. The van der Waals surface area contributed by atoms with Crippen LogP contribution in [0.3, 0.4) is 0 Å². The van der Waals surface area contributed by atoms with Gasteiger partial charge in [0.25, 0.3) is 5.91 Å². The van der Waals surface area contributed by atoms with Crippen LogP contribution in [-0.2, 0) is 22.6 Å². The van der Waals surface area contributed by atoms with Crippen molar-refractivity contribution in [2.45, 2.75) is 19.2 Å². The molecule has 20 heavy (non-hydrogen) atoms. The minimum Gasteiger partial charge on any atom is -0.370 e. The molecule has 2 heterocycles. The van der Waals surface area contributed by atoms with E-state index >= 15 is 0 Å².